The first-order chi connectivity index (χ1) is 11.9. The van der Waals surface area contributed by atoms with E-state index in [-0.39, 0.29) is 29.7 Å². The molecule has 0 saturated heterocycles. The highest BCUT2D eigenvalue weighted by Crippen LogP contribution is 2.12. The van der Waals surface area contributed by atoms with E-state index in [1.54, 1.807) is 20.9 Å². The number of hydrogen-bond donors (Lipinski definition) is 5. The van der Waals surface area contributed by atoms with Crippen LogP contribution in [0.3, 0.4) is 0 Å². The number of nitrogens with two attached hydrogens (primary N) is 1. The fraction of sp³-hybridized carbons (Fsp3) is 0.833. The maximum atomic E-state index is 12.9. The summed E-state index contributed by atoms with van der Waals surface area (Å²) in [6, 6.07) is -1.48. The van der Waals surface area contributed by atoms with Crippen molar-refractivity contribution in [2.75, 3.05) is 13.6 Å². The Bertz CT molecular complexity index is 477. The number of carbonyl (C=O) groups is 3. The first-order valence-corrected chi connectivity index (χ1v) is 9.25. The number of nitrogens with one attached hydrogen (secondary N) is 4. The van der Waals surface area contributed by atoms with Crippen molar-refractivity contribution in [1.82, 2.24) is 21.3 Å². The molecule has 6 N–H and O–H groups in total. The van der Waals surface area contributed by atoms with E-state index in [9.17, 15) is 14.4 Å². The number of rotatable bonds is 12. The van der Waals surface area contributed by atoms with E-state index in [1.165, 1.54) is 0 Å². The molecule has 0 aliphatic carbocycles. The minimum absolute atomic E-state index is 0.0852. The van der Waals surface area contributed by atoms with Gasteiger partial charge < -0.3 is 27.0 Å². The van der Waals surface area contributed by atoms with Crippen LogP contribution in [-0.4, -0.2) is 55.0 Å². The first-order valence-electron chi connectivity index (χ1n) is 9.25. The largest absolute Gasteiger partial charge is 0.352 e. The monoisotopic (exact) mass is 371 g/mol. The van der Waals surface area contributed by atoms with Crippen LogP contribution in [0.4, 0.5) is 4.79 Å². The molecule has 3 amide bonds. The first kappa shape index (κ1) is 24.3. The van der Waals surface area contributed by atoms with Crippen LogP contribution < -0.4 is 27.0 Å². The molecule has 0 aliphatic rings. The van der Waals surface area contributed by atoms with Crippen LogP contribution in [0.5, 0.6) is 0 Å². The zero-order valence-corrected chi connectivity index (χ0v) is 17.2. The van der Waals surface area contributed by atoms with Crippen molar-refractivity contribution in [3.05, 3.63) is 0 Å². The summed E-state index contributed by atoms with van der Waals surface area (Å²) in [6.45, 7) is 11.8. The number of amides is 3. The van der Waals surface area contributed by atoms with Gasteiger partial charge in [-0.15, -0.1) is 0 Å². The Labute approximate surface area is 157 Å². The minimum atomic E-state index is -0.770. The summed E-state index contributed by atoms with van der Waals surface area (Å²) < 4.78 is 0. The third kappa shape index (κ3) is 8.62. The number of ketones is 1. The van der Waals surface area contributed by atoms with Crippen molar-refractivity contribution in [2.45, 2.75) is 78.0 Å². The molecular formula is C18H37N5O3. The number of hydrogen-bond acceptors (Lipinski definition) is 5. The van der Waals surface area contributed by atoms with Gasteiger partial charge in [-0.1, -0.05) is 27.7 Å². The van der Waals surface area contributed by atoms with Crippen molar-refractivity contribution in [2.24, 2.45) is 11.7 Å². The second-order valence-corrected chi connectivity index (χ2v) is 7.78. The smallest absolute Gasteiger partial charge is 0.312 e. The second kappa shape index (κ2) is 11.1. The fourth-order valence-electron chi connectivity index (χ4n) is 2.54. The molecule has 0 aromatic carbocycles. The summed E-state index contributed by atoms with van der Waals surface area (Å²) in [7, 11) is 1.71. The highest BCUT2D eigenvalue weighted by Gasteiger charge is 2.34. The van der Waals surface area contributed by atoms with Crippen molar-refractivity contribution in [1.29, 1.82) is 0 Å². The van der Waals surface area contributed by atoms with Gasteiger partial charge in [0.15, 0.2) is 5.78 Å². The quantitative estimate of drug-likeness (QED) is 0.320. The summed E-state index contributed by atoms with van der Waals surface area (Å²) >= 11 is 0. The van der Waals surface area contributed by atoms with Crippen LogP contribution in [0.15, 0.2) is 0 Å². The highest BCUT2D eigenvalue weighted by atomic mass is 16.2. The van der Waals surface area contributed by atoms with Gasteiger partial charge in [-0.3, -0.25) is 9.59 Å². The lowest BCUT2D eigenvalue weighted by Gasteiger charge is -2.31. The molecule has 2 atom stereocenters. The molecule has 0 aromatic heterocycles. The number of likely N-dealkylation sites (N-methyl/N-ethyl adjacent to an activating group) is 1. The predicted molar refractivity (Wildman–Crippen MR) is 104 cm³/mol. The zero-order valence-electron chi connectivity index (χ0n) is 17.2. The lowest BCUT2D eigenvalue weighted by molar-refractivity contribution is -0.132. The average Bonchev–Trinajstić information content (AvgIpc) is 2.53. The Balaban J connectivity index is 5.15. The molecule has 0 spiro atoms. The number of urea groups is 1. The predicted octanol–water partition coefficient (Wildman–Crippen LogP) is 0.509. The normalized spacial score (nSPS) is 14.2. The van der Waals surface area contributed by atoms with E-state index in [0.29, 0.717) is 19.4 Å². The fourth-order valence-corrected chi connectivity index (χ4v) is 2.54. The van der Waals surface area contributed by atoms with Crippen LogP contribution in [-0.2, 0) is 9.59 Å². The molecule has 152 valence electrons. The van der Waals surface area contributed by atoms with Gasteiger partial charge in [0.25, 0.3) is 0 Å². The summed E-state index contributed by atoms with van der Waals surface area (Å²) in [5.74, 6) is -0.205. The molecule has 26 heavy (non-hydrogen) atoms. The third-order valence-electron chi connectivity index (χ3n) is 4.30. The van der Waals surface area contributed by atoms with Crippen molar-refractivity contribution >= 4 is 17.7 Å². The Morgan fingerprint density at radius 3 is 2.08 bits per heavy atom. The molecule has 0 radical (unpaired) electrons. The topological polar surface area (TPSA) is 125 Å². The molecule has 0 aliphatic heterocycles. The van der Waals surface area contributed by atoms with Gasteiger partial charge in [-0.2, -0.15) is 0 Å². The van der Waals surface area contributed by atoms with E-state index in [0.717, 1.165) is 0 Å². The van der Waals surface area contributed by atoms with Crippen LogP contribution in [0.1, 0.15) is 54.4 Å². The molecule has 0 saturated carbocycles. The number of Topliss-reactive ketones (excluding diaryl/α,β-unsaturated/α-hetero) is 1. The van der Waals surface area contributed by atoms with E-state index in [1.807, 2.05) is 27.7 Å². The molecule has 0 bridgehead atoms. The molecule has 0 aromatic rings. The Morgan fingerprint density at radius 1 is 1.08 bits per heavy atom. The molecule has 0 heterocycles. The standard InChI is InChI=1S/C18H37N5O3/c1-11(2)14(22-12(3)4)16(25)23-13(9-8-10-21-17(19)26)15(24)18(5,6)20-7/h11-14,20,22H,8-10H2,1-7H3,(H,23,25)(H3,19,21,26)/t13-,14-/m0/s1. The van der Waals surface area contributed by atoms with Gasteiger partial charge in [0, 0.05) is 12.6 Å². The maximum absolute atomic E-state index is 12.9. The van der Waals surface area contributed by atoms with Crippen LogP contribution in [0.25, 0.3) is 0 Å². The van der Waals surface area contributed by atoms with Crippen LogP contribution >= 0.6 is 0 Å². The zero-order chi connectivity index (χ0) is 20.5. The van der Waals surface area contributed by atoms with Gasteiger partial charge in [0.1, 0.15) is 0 Å². The number of carbonyl (C=O) groups excluding carboxylic acids is 3. The van der Waals surface area contributed by atoms with Crippen molar-refractivity contribution in [3.8, 4) is 0 Å². The summed E-state index contributed by atoms with van der Waals surface area (Å²) in [4.78, 5) is 36.4. The van der Waals surface area contributed by atoms with Crippen molar-refractivity contribution in [3.63, 3.8) is 0 Å². The number of primary amides is 1. The minimum Gasteiger partial charge on any atom is -0.352 e. The van der Waals surface area contributed by atoms with E-state index in [4.69, 9.17) is 5.73 Å². The molecule has 8 heteroatoms. The summed E-state index contributed by atoms with van der Waals surface area (Å²) in [5, 5.41) is 11.6. The Hall–Kier alpha value is -1.67. The lowest BCUT2D eigenvalue weighted by atomic mass is 9.90. The van der Waals surface area contributed by atoms with E-state index < -0.39 is 17.6 Å². The lowest BCUT2D eigenvalue weighted by Crippen LogP contribution is -2.58. The second-order valence-electron chi connectivity index (χ2n) is 7.78. The average molecular weight is 372 g/mol. The highest BCUT2D eigenvalue weighted by molar-refractivity contribution is 5.96. The Morgan fingerprint density at radius 2 is 1.65 bits per heavy atom. The molecule has 0 fully saturated rings. The van der Waals surface area contributed by atoms with Gasteiger partial charge >= 0.3 is 6.03 Å². The molecule has 0 rings (SSSR count). The van der Waals surface area contributed by atoms with E-state index >= 15 is 0 Å². The summed E-state index contributed by atoms with van der Waals surface area (Å²) in [5.41, 5.74) is 4.29. The SMILES string of the molecule is CNC(C)(C)C(=O)[C@H](CCCNC(N)=O)NC(=O)[C@@H](NC(C)C)C(C)C. The third-order valence-corrected chi connectivity index (χ3v) is 4.30. The van der Waals surface area contributed by atoms with Gasteiger partial charge in [0.2, 0.25) is 5.91 Å². The van der Waals surface area contributed by atoms with Crippen LogP contribution in [0.2, 0.25) is 0 Å². The van der Waals surface area contributed by atoms with Crippen LogP contribution in [0, 0.1) is 5.92 Å². The summed E-state index contributed by atoms with van der Waals surface area (Å²) in [6.07, 6.45) is 0.950. The Kier molecular flexibility index (Phi) is 10.4. The van der Waals surface area contributed by atoms with Crippen molar-refractivity contribution < 1.29 is 14.4 Å². The van der Waals surface area contributed by atoms with Gasteiger partial charge in [-0.05, 0) is 39.7 Å². The van der Waals surface area contributed by atoms with Gasteiger partial charge in [-0.25, -0.2) is 4.79 Å². The van der Waals surface area contributed by atoms with Gasteiger partial charge in [0.05, 0.1) is 17.6 Å². The van der Waals surface area contributed by atoms with E-state index in [2.05, 4.69) is 21.3 Å². The molecule has 8 nitrogen and oxygen atoms in total. The molecule has 0 unspecified atom stereocenters. The maximum Gasteiger partial charge on any atom is 0.312 e. The molecular weight excluding hydrogens is 334 g/mol.